The Morgan fingerprint density at radius 3 is 3.00 bits per heavy atom. The van der Waals surface area contributed by atoms with Gasteiger partial charge in [-0.2, -0.15) is 10.2 Å². The summed E-state index contributed by atoms with van der Waals surface area (Å²) in [5.41, 5.74) is 3.11. The summed E-state index contributed by atoms with van der Waals surface area (Å²) in [5.74, 6) is 0. The SMILES string of the molecule is Cc1cnn([C@H]2CCN(C(=O)NCc3nn(C)c4ccccc34)C2)c1. The van der Waals surface area contributed by atoms with E-state index in [1.807, 2.05) is 64.9 Å². The summed E-state index contributed by atoms with van der Waals surface area (Å²) >= 11 is 0. The Hall–Kier alpha value is -2.83. The van der Waals surface area contributed by atoms with E-state index in [4.69, 9.17) is 0 Å². The maximum Gasteiger partial charge on any atom is 0.317 e. The first-order valence-electron chi connectivity index (χ1n) is 8.56. The van der Waals surface area contributed by atoms with Crippen molar-refractivity contribution in [2.45, 2.75) is 25.9 Å². The van der Waals surface area contributed by atoms with Crippen molar-refractivity contribution in [2.24, 2.45) is 7.05 Å². The zero-order valence-electron chi connectivity index (χ0n) is 14.5. The van der Waals surface area contributed by atoms with Gasteiger partial charge in [0, 0.05) is 31.7 Å². The van der Waals surface area contributed by atoms with Gasteiger partial charge >= 0.3 is 6.03 Å². The summed E-state index contributed by atoms with van der Waals surface area (Å²) in [6.45, 7) is 3.90. The molecule has 3 aromatic rings. The average Bonchev–Trinajstić information content (AvgIpc) is 3.32. The molecular formula is C18H22N6O. The molecule has 1 saturated heterocycles. The first kappa shape index (κ1) is 15.7. The third kappa shape index (κ3) is 2.97. The molecule has 0 aliphatic carbocycles. The number of nitrogens with zero attached hydrogens (tertiary/aromatic N) is 5. The molecule has 1 aromatic carbocycles. The van der Waals surface area contributed by atoms with Crippen LogP contribution in [0.5, 0.6) is 0 Å². The van der Waals surface area contributed by atoms with Crippen molar-refractivity contribution < 1.29 is 4.79 Å². The quantitative estimate of drug-likeness (QED) is 0.796. The summed E-state index contributed by atoms with van der Waals surface area (Å²) in [7, 11) is 1.92. The molecule has 1 fully saturated rings. The third-order valence-corrected chi connectivity index (χ3v) is 4.80. The van der Waals surface area contributed by atoms with Crippen LogP contribution >= 0.6 is 0 Å². The first-order chi connectivity index (χ1) is 12.1. The standard InChI is InChI=1S/C18H22N6O/c1-13-9-20-24(11-13)14-7-8-23(12-14)18(25)19-10-16-15-5-3-4-6-17(15)22(2)21-16/h3-6,9,11,14H,7-8,10,12H2,1-2H3,(H,19,25)/t14-/m0/s1. The van der Waals surface area contributed by atoms with Gasteiger partial charge in [0.15, 0.2) is 0 Å². The molecule has 2 aromatic heterocycles. The second-order valence-electron chi connectivity index (χ2n) is 6.63. The Bertz CT molecular complexity index is 911. The molecule has 0 spiro atoms. The number of rotatable bonds is 3. The minimum absolute atomic E-state index is 0.0406. The predicted octanol–water partition coefficient (Wildman–Crippen LogP) is 2.23. The van der Waals surface area contributed by atoms with E-state index in [-0.39, 0.29) is 12.1 Å². The van der Waals surface area contributed by atoms with Gasteiger partial charge in [-0.05, 0) is 25.0 Å². The average molecular weight is 338 g/mol. The van der Waals surface area contributed by atoms with E-state index in [1.165, 1.54) is 0 Å². The van der Waals surface area contributed by atoms with E-state index in [0.29, 0.717) is 13.1 Å². The number of carbonyl (C=O) groups excluding carboxylic acids is 1. The number of nitrogens with one attached hydrogen (secondary N) is 1. The predicted molar refractivity (Wildman–Crippen MR) is 95.1 cm³/mol. The Morgan fingerprint density at radius 1 is 1.36 bits per heavy atom. The topological polar surface area (TPSA) is 68.0 Å². The number of aromatic nitrogens is 4. The van der Waals surface area contributed by atoms with Crippen molar-refractivity contribution in [1.82, 2.24) is 29.8 Å². The van der Waals surface area contributed by atoms with Crippen molar-refractivity contribution in [3.63, 3.8) is 0 Å². The minimum atomic E-state index is -0.0406. The highest BCUT2D eigenvalue weighted by molar-refractivity contribution is 5.82. The van der Waals surface area contributed by atoms with Crippen LogP contribution in [0.2, 0.25) is 0 Å². The first-order valence-corrected chi connectivity index (χ1v) is 8.56. The van der Waals surface area contributed by atoms with Gasteiger partial charge < -0.3 is 10.2 Å². The van der Waals surface area contributed by atoms with Crippen LogP contribution in [-0.4, -0.2) is 43.6 Å². The lowest BCUT2D eigenvalue weighted by atomic mass is 10.2. The van der Waals surface area contributed by atoms with Crippen LogP contribution < -0.4 is 5.32 Å². The van der Waals surface area contributed by atoms with Crippen LogP contribution in [0.3, 0.4) is 0 Å². The van der Waals surface area contributed by atoms with Crippen LogP contribution in [0.15, 0.2) is 36.7 Å². The van der Waals surface area contributed by atoms with Crippen LogP contribution in [0, 0.1) is 6.92 Å². The van der Waals surface area contributed by atoms with Gasteiger partial charge in [-0.3, -0.25) is 9.36 Å². The Balaban J connectivity index is 1.39. The molecule has 4 rings (SSSR count). The number of benzene rings is 1. The maximum absolute atomic E-state index is 12.5. The zero-order valence-corrected chi connectivity index (χ0v) is 14.5. The molecular weight excluding hydrogens is 316 g/mol. The van der Waals surface area contributed by atoms with E-state index in [9.17, 15) is 4.79 Å². The highest BCUT2D eigenvalue weighted by Gasteiger charge is 2.27. The Kier molecular flexibility index (Phi) is 3.91. The fraction of sp³-hybridized carbons (Fsp3) is 0.389. The van der Waals surface area contributed by atoms with Gasteiger partial charge in [-0.1, -0.05) is 18.2 Å². The Morgan fingerprint density at radius 2 is 2.20 bits per heavy atom. The summed E-state index contributed by atoms with van der Waals surface area (Å²) in [4.78, 5) is 14.3. The molecule has 1 atom stereocenters. The molecule has 0 saturated carbocycles. The van der Waals surface area contributed by atoms with Gasteiger partial charge in [0.1, 0.15) is 0 Å². The second kappa shape index (κ2) is 6.23. The van der Waals surface area contributed by atoms with Gasteiger partial charge in [0.05, 0.1) is 30.0 Å². The molecule has 0 bridgehead atoms. The largest absolute Gasteiger partial charge is 0.332 e. The fourth-order valence-corrected chi connectivity index (χ4v) is 3.47. The van der Waals surface area contributed by atoms with Crippen molar-refractivity contribution in [1.29, 1.82) is 0 Å². The molecule has 3 heterocycles. The van der Waals surface area contributed by atoms with E-state index in [0.717, 1.165) is 35.1 Å². The number of para-hydroxylation sites is 1. The van der Waals surface area contributed by atoms with Gasteiger partial charge in [-0.25, -0.2) is 4.79 Å². The van der Waals surface area contributed by atoms with Gasteiger partial charge in [0.2, 0.25) is 0 Å². The summed E-state index contributed by atoms with van der Waals surface area (Å²) in [6.07, 6.45) is 4.82. The lowest BCUT2D eigenvalue weighted by molar-refractivity contribution is 0.206. The van der Waals surface area contributed by atoms with Gasteiger partial charge in [0.25, 0.3) is 0 Å². The van der Waals surface area contributed by atoms with Crippen molar-refractivity contribution in [3.05, 3.63) is 47.9 Å². The third-order valence-electron chi connectivity index (χ3n) is 4.80. The fourth-order valence-electron chi connectivity index (χ4n) is 3.47. The molecule has 7 heteroatoms. The van der Waals surface area contributed by atoms with Gasteiger partial charge in [-0.15, -0.1) is 0 Å². The van der Waals surface area contributed by atoms with Crippen LogP contribution in [0.1, 0.15) is 23.7 Å². The minimum Gasteiger partial charge on any atom is -0.332 e. The normalized spacial score (nSPS) is 17.4. The molecule has 130 valence electrons. The molecule has 0 unspecified atom stereocenters. The lowest BCUT2D eigenvalue weighted by Crippen LogP contribution is -2.38. The van der Waals surface area contributed by atoms with E-state index in [2.05, 4.69) is 15.5 Å². The van der Waals surface area contributed by atoms with Crippen molar-refractivity contribution in [2.75, 3.05) is 13.1 Å². The number of likely N-dealkylation sites (tertiary alicyclic amines) is 1. The number of urea groups is 1. The molecule has 1 N–H and O–H groups in total. The second-order valence-corrected chi connectivity index (χ2v) is 6.63. The number of fused-ring (bicyclic) bond motifs is 1. The molecule has 0 radical (unpaired) electrons. The number of amides is 2. The lowest BCUT2D eigenvalue weighted by Gasteiger charge is -2.17. The van der Waals surface area contributed by atoms with Crippen LogP contribution in [0.4, 0.5) is 4.79 Å². The van der Waals surface area contributed by atoms with E-state index in [1.54, 1.807) is 0 Å². The molecule has 7 nitrogen and oxygen atoms in total. The Labute approximate surface area is 146 Å². The number of aryl methyl sites for hydroxylation is 2. The van der Waals surface area contributed by atoms with Crippen LogP contribution in [-0.2, 0) is 13.6 Å². The number of hydrogen-bond donors (Lipinski definition) is 1. The van der Waals surface area contributed by atoms with E-state index >= 15 is 0 Å². The monoisotopic (exact) mass is 338 g/mol. The molecule has 1 aliphatic heterocycles. The number of hydrogen-bond acceptors (Lipinski definition) is 3. The zero-order chi connectivity index (χ0) is 17.4. The maximum atomic E-state index is 12.5. The van der Waals surface area contributed by atoms with Crippen molar-refractivity contribution in [3.8, 4) is 0 Å². The van der Waals surface area contributed by atoms with Crippen molar-refractivity contribution >= 4 is 16.9 Å². The highest BCUT2D eigenvalue weighted by atomic mass is 16.2. The summed E-state index contributed by atoms with van der Waals surface area (Å²) in [6, 6.07) is 8.28. The van der Waals surface area contributed by atoms with Crippen LogP contribution in [0.25, 0.3) is 10.9 Å². The van der Waals surface area contributed by atoms with E-state index < -0.39 is 0 Å². The molecule has 25 heavy (non-hydrogen) atoms. The highest BCUT2D eigenvalue weighted by Crippen LogP contribution is 2.21. The summed E-state index contributed by atoms with van der Waals surface area (Å²) in [5, 5.41) is 13.0. The summed E-state index contributed by atoms with van der Waals surface area (Å²) < 4.78 is 3.82. The molecule has 2 amide bonds. The smallest absolute Gasteiger partial charge is 0.317 e. The number of carbonyl (C=O) groups is 1. The molecule has 1 aliphatic rings.